The first-order valence-corrected chi connectivity index (χ1v) is 6.03. The fourth-order valence-electron chi connectivity index (χ4n) is 0.849. The number of alkyl halides is 3. The van der Waals surface area contributed by atoms with Crippen molar-refractivity contribution in [2.45, 2.75) is 29.8 Å². The standard InChI is InChI=1S/C9H12Cl3NO5/c1-2-17-6(15)4-3-5(14)7(13)18-8(16)9(10,11)12/h7H,2-4,13H2,1H3. The molecular formula is C9H12Cl3NO5. The molecule has 0 heterocycles. The molecule has 0 amide bonds. The molecule has 0 aromatic rings. The van der Waals surface area contributed by atoms with E-state index >= 15 is 0 Å². The number of nitrogens with two attached hydrogens (primary N) is 1. The third-order valence-corrected chi connectivity index (χ3v) is 2.13. The summed E-state index contributed by atoms with van der Waals surface area (Å²) >= 11 is 15.6. The SMILES string of the molecule is CCOC(=O)CCC(=O)C(N)OC(=O)C(Cl)(Cl)Cl. The minimum Gasteiger partial charge on any atom is -0.466 e. The lowest BCUT2D eigenvalue weighted by Gasteiger charge is -2.15. The van der Waals surface area contributed by atoms with Gasteiger partial charge in [0.2, 0.25) is 6.23 Å². The van der Waals surface area contributed by atoms with Gasteiger partial charge in [-0.05, 0) is 6.92 Å². The van der Waals surface area contributed by atoms with Gasteiger partial charge in [-0.2, -0.15) is 0 Å². The van der Waals surface area contributed by atoms with Crippen LogP contribution in [-0.2, 0) is 23.9 Å². The number of ether oxygens (including phenoxy) is 2. The van der Waals surface area contributed by atoms with Gasteiger partial charge in [0.25, 0.3) is 3.79 Å². The van der Waals surface area contributed by atoms with Crippen LogP contribution in [0.5, 0.6) is 0 Å². The Balaban J connectivity index is 4.12. The lowest BCUT2D eigenvalue weighted by Crippen LogP contribution is -2.39. The van der Waals surface area contributed by atoms with E-state index < -0.39 is 27.7 Å². The highest BCUT2D eigenvalue weighted by Crippen LogP contribution is 2.27. The van der Waals surface area contributed by atoms with E-state index in [9.17, 15) is 14.4 Å². The predicted octanol–water partition coefficient (Wildman–Crippen LogP) is 1.10. The van der Waals surface area contributed by atoms with Crippen molar-refractivity contribution in [2.24, 2.45) is 5.73 Å². The molecule has 104 valence electrons. The Kier molecular flexibility index (Phi) is 7.54. The quantitative estimate of drug-likeness (QED) is 0.447. The van der Waals surface area contributed by atoms with Crippen molar-refractivity contribution in [2.75, 3.05) is 6.61 Å². The lowest BCUT2D eigenvalue weighted by atomic mass is 10.2. The summed E-state index contributed by atoms with van der Waals surface area (Å²) in [6.45, 7) is 1.84. The fourth-order valence-corrected chi connectivity index (χ4v) is 0.982. The van der Waals surface area contributed by atoms with Gasteiger partial charge in [-0.1, -0.05) is 34.8 Å². The van der Waals surface area contributed by atoms with Gasteiger partial charge in [-0.3, -0.25) is 15.3 Å². The summed E-state index contributed by atoms with van der Waals surface area (Å²) in [4.78, 5) is 33.4. The van der Waals surface area contributed by atoms with Gasteiger partial charge in [0.1, 0.15) is 0 Å². The second kappa shape index (κ2) is 7.78. The number of hydrogen-bond acceptors (Lipinski definition) is 6. The second-order valence-corrected chi connectivity index (χ2v) is 5.38. The van der Waals surface area contributed by atoms with Crippen molar-refractivity contribution in [1.29, 1.82) is 0 Å². The molecule has 0 aromatic heterocycles. The zero-order chi connectivity index (χ0) is 14.3. The molecule has 9 heteroatoms. The number of esters is 2. The summed E-state index contributed by atoms with van der Waals surface area (Å²) in [5, 5.41) is 0. The van der Waals surface area contributed by atoms with Crippen LogP contribution >= 0.6 is 34.8 Å². The molecule has 0 radical (unpaired) electrons. The van der Waals surface area contributed by atoms with Gasteiger partial charge in [0.05, 0.1) is 13.0 Å². The maximum absolute atomic E-state index is 11.4. The van der Waals surface area contributed by atoms with E-state index in [-0.39, 0.29) is 19.4 Å². The molecule has 0 saturated heterocycles. The van der Waals surface area contributed by atoms with Gasteiger partial charge in [0, 0.05) is 6.42 Å². The molecule has 1 atom stereocenters. The molecule has 0 aromatic carbocycles. The molecule has 0 bridgehead atoms. The maximum Gasteiger partial charge on any atom is 0.360 e. The zero-order valence-corrected chi connectivity index (χ0v) is 11.7. The highest BCUT2D eigenvalue weighted by Gasteiger charge is 2.35. The van der Waals surface area contributed by atoms with Gasteiger partial charge >= 0.3 is 11.9 Å². The summed E-state index contributed by atoms with van der Waals surface area (Å²) in [5.41, 5.74) is 5.25. The van der Waals surface area contributed by atoms with Gasteiger partial charge in [0.15, 0.2) is 5.78 Å². The normalized spacial score (nSPS) is 12.7. The van der Waals surface area contributed by atoms with Crippen LogP contribution in [-0.4, -0.2) is 34.3 Å². The van der Waals surface area contributed by atoms with Crippen LogP contribution in [0, 0.1) is 0 Å². The van der Waals surface area contributed by atoms with Crippen molar-refractivity contribution in [1.82, 2.24) is 0 Å². The molecule has 1 unspecified atom stereocenters. The number of hydrogen-bond donors (Lipinski definition) is 1. The van der Waals surface area contributed by atoms with E-state index in [0.717, 1.165) is 0 Å². The first-order chi connectivity index (χ1) is 8.18. The first-order valence-electron chi connectivity index (χ1n) is 4.90. The van der Waals surface area contributed by atoms with Crippen LogP contribution in [0.4, 0.5) is 0 Å². The van der Waals surface area contributed by atoms with Crippen molar-refractivity contribution in [3.8, 4) is 0 Å². The zero-order valence-electron chi connectivity index (χ0n) is 9.45. The van der Waals surface area contributed by atoms with Crippen LogP contribution in [0.3, 0.4) is 0 Å². The van der Waals surface area contributed by atoms with Crippen molar-refractivity contribution in [3.05, 3.63) is 0 Å². The predicted molar refractivity (Wildman–Crippen MR) is 65.2 cm³/mol. The molecule has 0 saturated carbocycles. The number of Topliss-reactive ketones (excluding diaryl/α,β-unsaturated/α-hetero) is 1. The Hall–Kier alpha value is -0.560. The summed E-state index contributed by atoms with van der Waals surface area (Å²) in [6, 6.07) is 0. The smallest absolute Gasteiger partial charge is 0.360 e. The van der Waals surface area contributed by atoms with E-state index in [1.54, 1.807) is 6.92 Å². The molecule has 0 aliphatic rings. The molecular weight excluding hydrogens is 308 g/mol. The third-order valence-electron chi connectivity index (χ3n) is 1.66. The Bertz CT molecular complexity index is 329. The highest BCUT2D eigenvalue weighted by atomic mass is 35.6. The molecule has 6 nitrogen and oxygen atoms in total. The van der Waals surface area contributed by atoms with Crippen molar-refractivity contribution < 1.29 is 23.9 Å². The molecule has 2 N–H and O–H groups in total. The Morgan fingerprint density at radius 3 is 2.22 bits per heavy atom. The lowest BCUT2D eigenvalue weighted by molar-refractivity contribution is -0.154. The topological polar surface area (TPSA) is 95.7 Å². The molecule has 0 fully saturated rings. The number of rotatable bonds is 6. The van der Waals surface area contributed by atoms with Gasteiger partial charge in [-0.15, -0.1) is 0 Å². The van der Waals surface area contributed by atoms with Gasteiger partial charge in [-0.25, -0.2) is 4.79 Å². The van der Waals surface area contributed by atoms with Crippen LogP contribution in [0.2, 0.25) is 0 Å². The molecule has 0 aliphatic heterocycles. The van der Waals surface area contributed by atoms with Gasteiger partial charge < -0.3 is 9.47 Å². The summed E-state index contributed by atoms with van der Waals surface area (Å²) in [7, 11) is 0. The largest absolute Gasteiger partial charge is 0.466 e. The minimum atomic E-state index is -2.31. The Morgan fingerprint density at radius 2 is 1.78 bits per heavy atom. The van der Waals surface area contributed by atoms with Crippen LogP contribution < -0.4 is 5.73 Å². The number of halogens is 3. The minimum absolute atomic E-state index is 0.161. The van der Waals surface area contributed by atoms with E-state index in [1.165, 1.54) is 0 Å². The summed E-state index contributed by atoms with van der Waals surface area (Å²) in [5.74, 6) is -2.49. The summed E-state index contributed by atoms with van der Waals surface area (Å²) in [6.07, 6.45) is -1.97. The maximum atomic E-state index is 11.4. The average molecular weight is 321 g/mol. The van der Waals surface area contributed by atoms with E-state index in [0.29, 0.717) is 0 Å². The summed E-state index contributed by atoms with van der Waals surface area (Å²) < 4.78 is 6.71. The molecule has 0 aliphatic carbocycles. The molecule has 0 rings (SSSR count). The van der Waals surface area contributed by atoms with E-state index in [4.69, 9.17) is 40.5 Å². The van der Waals surface area contributed by atoms with Crippen LogP contribution in [0.25, 0.3) is 0 Å². The third kappa shape index (κ3) is 7.00. The Labute approximate surface area is 119 Å². The van der Waals surface area contributed by atoms with Crippen molar-refractivity contribution >= 4 is 52.5 Å². The number of carbonyl (C=O) groups excluding carboxylic acids is 3. The highest BCUT2D eigenvalue weighted by molar-refractivity contribution is 6.75. The molecule has 18 heavy (non-hydrogen) atoms. The fraction of sp³-hybridized carbons (Fsp3) is 0.667. The van der Waals surface area contributed by atoms with Crippen LogP contribution in [0.1, 0.15) is 19.8 Å². The van der Waals surface area contributed by atoms with E-state index in [1.807, 2.05) is 0 Å². The Morgan fingerprint density at radius 1 is 1.22 bits per heavy atom. The second-order valence-electron chi connectivity index (χ2n) is 3.10. The monoisotopic (exact) mass is 319 g/mol. The van der Waals surface area contributed by atoms with E-state index in [2.05, 4.69) is 9.47 Å². The van der Waals surface area contributed by atoms with Crippen LogP contribution in [0.15, 0.2) is 0 Å². The van der Waals surface area contributed by atoms with Crippen molar-refractivity contribution in [3.63, 3.8) is 0 Å². The number of ketones is 1. The average Bonchev–Trinajstić information content (AvgIpc) is 2.24. The number of carbonyl (C=O) groups is 3. The first kappa shape index (κ1) is 17.4. The molecule has 0 spiro atoms.